The largest absolute Gasteiger partial charge is 0.495 e. The van der Waals surface area contributed by atoms with Crippen LogP contribution in [0.5, 0.6) is 5.75 Å². The third-order valence-electron chi connectivity index (χ3n) is 6.27. The van der Waals surface area contributed by atoms with Gasteiger partial charge in [-0.05, 0) is 54.2 Å². The summed E-state index contributed by atoms with van der Waals surface area (Å²) in [6, 6.07) is 11.7. The van der Waals surface area contributed by atoms with E-state index in [0.717, 1.165) is 31.2 Å². The second kappa shape index (κ2) is 7.31. The number of nitrogens with one attached hydrogen (secondary N) is 1. The first kappa shape index (κ1) is 20.2. The standard InChI is InChI=1S/C21H23ClN2O4S/c1-28-17-9-6-14(22)12-16(17)24-20(25)19-18(21(19)10-2-3-11-21)13-4-7-15(8-5-13)29(23,26)27/h4-9,12,18-19H,2-3,10-11H2,1H3,(H,24,25)(H2,23,26,27)/t18-,19+/m1/s1. The number of anilines is 1. The van der Waals surface area contributed by atoms with Crippen molar-refractivity contribution in [2.75, 3.05) is 12.4 Å². The maximum absolute atomic E-state index is 13.2. The second-order valence-electron chi connectivity index (χ2n) is 7.84. The molecule has 0 bridgehead atoms. The quantitative estimate of drug-likeness (QED) is 0.745. The Kier molecular flexibility index (Phi) is 5.09. The number of benzene rings is 2. The van der Waals surface area contributed by atoms with Gasteiger partial charge in [-0.15, -0.1) is 0 Å². The molecule has 0 aliphatic heterocycles. The Hall–Kier alpha value is -2.09. The van der Waals surface area contributed by atoms with Crippen LogP contribution >= 0.6 is 11.6 Å². The Morgan fingerprint density at radius 2 is 1.83 bits per heavy atom. The second-order valence-corrected chi connectivity index (χ2v) is 9.84. The van der Waals surface area contributed by atoms with Gasteiger partial charge < -0.3 is 10.1 Å². The summed E-state index contributed by atoms with van der Waals surface area (Å²) in [5, 5.41) is 8.70. The first-order chi connectivity index (χ1) is 13.8. The molecule has 0 aromatic heterocycles. The summed E-state index contributed by atoms with van der Waals surface area (Å²) in [5.41, 5.74) is 1.45. The molecular weight excluding hydrogens is 412 g/mol. The predicted octanol–water partition coefficient (Wildman–Crippen LogP) is 3.91. The summed E-state index contributed by atoms with van der Waals surface area (Å²) in [6.07, 6.45) is 4.16. The zero-order valence-corrected chi connectivity index (χ0v) is 17.6. The monoisotopic (exact) mass is 434 g/mol. The molecule has 1 spiro atoms. The zero-order valence-electron chi connectivity index (χ0n) is 16.0. The molecule has 2 aliphatic rings. The molecule has 2 aliphatic carbocycles. The molecule has 154 valence electrons. The average molecular weight is 435 g/mol. The van der Waals surface area contributed by atoms with Gasteiger partial charge in [-0.25, -0.2) is 13.6 Å². The fourth-order valence-corrected chi connectivity index (χ4v) is 5.62. The van der Waals surface area contributed by atoms with Crippen LogP contribution in [0.2, 0.25) is 5.02 Å². The van der Waals surface area contributed by atoms with Gasteiger partial charge in [-0.2, -0.15) is 0 Å². The molecule has 0 heterocycles. The minimum atomic E-state index is -3.74. The van der Waals surface area contributed by atoms with Gasteiger partial charge in [0.25, 0.3) is 0 Å². The van der Waals surface area contributed by atoms with Crippen molar-refractivity contribution in [2.45, 2.75) is 36.5 Å². The van der Waals surface area contributed by atoms with Gasteiger partial charge in [-0.1, -0.05) is 36.6 Å². The van der Waals surface area contributed by atoms with Crippen molar-refractivity contribution in [3.8, 4) is 5.75 Å². The van der Waals surface area contributed by atoms with E-state index in [0.29, 0.717) is 16.5 Å². The normalized spacial score (nSPS) is 22.4. The van der Waals surface area contributed by atoms with Crippen LogP contribution < -0.4 is 15.2 Å². The van der Waals surface area contributed by atoms with Crippen LogP contribution in [0.4, 0.5) is 5.69 Å². The molecule has 4 rings (SSSR count). The van der Waals surface area contributed by atoms with Crippen LogP contribution in [0.25, 0.3) is 0 Å². The topological polar surface area (TPSA) is 98.5 Å². The van der Waals surface area contributed by atoms with Crippen LogP contribution in [-0.2, 0) is 14.8 Å². The first-order valence-corrected chi connectivity index (χ1v) is 11.5. The van der Waals surface area contributed by atoms with Crippen molar-refractivity contribution in [2.24, 2.45) is 16.5 Å². The van der Waals surface area contributed by atoms with Gasteiger partial charge in [0.2, 0.25) is 15.9 Å². The molecule has 2 atom stereocenters. The van der Waals surface area contributed by atoms with Crippen LogP contribution in [-0.4, -0.2) is 21.4 Å². The van der Waals surface area contributed by atoms with E-state index in [1.807, 2.05) is 0 Å². The average Bonchev–Trinajstić information content (AvgIpc) is 3.05. The van der Waals surface area contributed by atoms with E-state index in [4.69, 9.17) is 21.5 Å². The van der Waals surface area contributed by atoms with Crippen LogP contribution in [0.3, 0.4) is 0 Å². The lowest BCUT2D eigenvalue weighted by Crippen LogP contribution is -2.18. The molecule has 8 heteroatoms. The number of primary sulfonamides is 1. The Balaban J connectivity index is 1.61. The highest BCUT2D eigenvalue weighted by Gasteiger charge is 2.68. The number of ether oxygens (including phenoxy) is 1. The zero-order chi connectivity index (χ0) is 20.8. The highest BCUT2D eigenvalue weighted by molar-refractivity contribution is 7.89. The molecule has 2 aromatic rings. The number of methoxy groups -OCH3 is 1. The summed E-state index contributed by atoms with van der Waals surface area (Å²) in [6.45, 7) is 0. The SMILES string of the molecule is COc1ccc(Cl)cc1NC(=O)[C@@H]1[C@@H](c2ccc(S(N)(=O)=O)cc2)C12CCCC2. The predicted molar refractivity (Wildman–Crippen MR) is 112 cm³/mol. The molecular formula is C21H23ClN2O4S. The minimum absolute atomic E-state index is 0.0599. The van der Waals surface area contributed by atoms with Crippen molar-refractivity contribution < 1.29 is 17.9 Å². The van der Waals surface area contributed by atoms with Crippen molar-refractivity contribution in [3.63, 3.8) is 0 Å². The Bertz CT molecular complexity index is 1050. The van der Waals surface area contributed by atoms with Crippen LogP contribution in [0, 0.1) is 11.3 Å². The van der Waals surface area contributed by atoms with E-state index in [1.54, 1.807) is 37.4 Å². The fourth-order valence-electron chi connectivity index (χ4n) is 4.94. The fraction of sp³-hybridized carbons (Fsp3) is 0.381. The summed E-state index contributed by atoms with van der Waals surface area (Å²) < 4.78 is 28.4. The lowest BCUT2D eigenvalue weighted by atomic mass is 9.97. The molecule has 29 heavy (non-hydrogen) atoms. The van der Waals surface area contributed by atoms with Crippen molar-refractivity contribution in [1.82, 2.24) is 0 Å². The molecule has 0 unspecified atom stereocenters. The Morgan fingerprint density at radius 3 is 2.41 bits per heavy atom. The molecule has 0 saturated heterocycles. The number of carbonyl (C=O) groups excluding carboxylic acids is 1. The van der Waals surface area contributed by atoms with Gasteiger partial charge >= 0.3 is 0 Å². The van der Waals surface area contributed by atoms with Crippen molar-refractivity contribution in [1.29, 1.82) is 0 Å². The molecule has 0 radical (unpaired) electrons. The van der Waals surface area contributed by atoms with E-state index in [2.05, 4.69) is 5.32 Å². The summed E-state index contributed by atoms with van der Waals surface area (Å²) in [4.78, 5) is 13.3. The third kappa shape index (κ3) is 3.63. The number of amides is 1. The highest BCUT2D eigenvalue weighted by Crippen LogP contribution is 2.72. The lowest BCUT2D eigenvalue weighted by molar-refractivity contribution is -0.118. The summed E-state index contributed by atoms with van der Waals surface area (Å²) in [5.74, 6) is 0.379. The van der Waals surface area contributed by atoms with E-state index in [-0.39, 0.29) is 28.1 Å². The lowest BCUT2D eigenvalue weighted by Gasteiger charge is -2.12. The number of hydrogen-bond acceptors (Lipinski definition) is 4. The van der Waals surface area contributed by atoms with E-state index >= 15 is 0 Å². The number of rotatable bonds is 5. The van der Waals surface area contributed by atoms with Gasteiger partial charge in [0.1, 0.15) is 5.75 Å². The van der Waals surface area contributed by atoms with Crippen molar-refractivity contribution in [3.05, 3.63) is 53.1 Å². The van der Waals surface area contributed by atoms with E-state index < -0.39 is 10.0 Å². The maximum Gasteiger partial charge on any atom is 0.238 e. The number of nitrogens with two attached hydrogens (primary N) is 1. The smallest absolute Gasteiger partial charge is 0.238 e. The molecule has 3 N–H and O–H groups in total. The van der Waals surface area contributed by atoms with E-state index in [9.17, 15) is 13.2 Å². The molecule has 2 fully saturated rings. The molecule has 6 nitrogen and oxygen atoms in total. The Labute approximate surface area is 175 Å². The number of hydrogen-bond donors (Lipinski definition) is 2. The first-order valence-electron chi connectivity index (χ1n) is 9.53. The van der Waals surface area contributed by atoms with Crippen molar-refractivity contribution >= 4 is 33.2 Å². The Morgan fingerprint density at radius 1 is 1.17 bits per heavy atom. The van der Waals surface area contributed by atoms with Crippen LogP contribution in [0.15, 0.2) is 47.4 Å². The molecule has 1 amide bonds. The summed E-state index contributed by atoms with van der Waals surface area (Å²) >= 11 is 6.08. The van der Waals surface area contributed by atoms with Gasteiger partial charge in [-0.3, -0.25) is 4.79 Å². The van der Waals surface area contributed by atoms with E-state index in [1.165, 1.54) is 12.1 Å². The number of halogens is 1. The maximum atomic E-state index is 13.2. The molecule has 2 saturated carbocycles. The minimum Gasteiger partial charge on any atom is -0.495 e. The highest BCUT2D eigenvalue weighted by atomic mass is 35.5. The van der Waals surface area contributed by atoms with Gasteiger partial charge in [0.05, 0.1) is 23.6 Å². The third-order valence-corrected chi connectivity index (χ3v) is 7.43. The number of carbonyl (C=O) groups is 1. The summed E-state index contributed by atoms with van der Waals surface area (Å²) in [7, 11) is -2.19. The van der Waals surface area contributed by atoms with Gasteiger partial charge in [0, 0.05) is 10.9 Å². The van der Waals surface area contributed by atoms with Crippen LogP contribution in [0.1, 0.15) is 37.2 Å². The number of sulfonamides is 1. The molecule has 2 aromatic carbocycles. The van der Waals surface area contributed by atoms with Gasteiger partial charge in [0.15, 0.2) is 0 Å².